The largest absolute Gasteiger partial charge is 0.468 e. The number of carbonyl (C=O) groups excluding carboxylic acids is 1. The van der Waals surface area contributed by atoms with Gasteiger partial charge in [-0.2, -0.15) is 9.97 Å². The van der Waals surface area contributed by atoms with Crippen LogP contribution >= 0.6 is 6.64 Å². The zero-order chi connectivity index (χ0) is 29.3. The van der Waals surface area contributed by atoms with Gasteiger partial charge in [-0.3, -0.25) is 13.9 Å². The van der Waals surface area contributed by atoms with Crippen LogP contribution in [0.5, 0.6) is 5.75 Å². The summed E-state index contributed by atoms with van der Waals surface area (Å²) in [6, 6.07) is 7.14. The van der Waals surface area contributed by atoms with E-state index < -0.39 is 48.1 Å². The van der Waals surface area contributed by atoms with Crippen molar-refractivity contribution in [2.24, 2.45) is 0 Å². The number of aliphatic hydroxyl groups is 1. The number of nitrogens with two attached hydrogens (primary N) is 1. The maximum absolute atomic E-state index is 16.5. The van der Waals surface area contributed by atoms with Crippen LogP contribution in [-0.4, -0.2) is 81.1 Å². The van der Waals surface area contributed by atoms with E-state index in [9.17, 15) is 9.90 Å². The molecule has 7 atom stereocenters. The molecule has 0 amide bonds. The molecule has 40 heavy (non-hydrogen) atoms. The van der Waals surface area contributed by atoms with Gasteiger partial charge in [0.15, 0.2) is 40.6 Å². The van der Waals surface area contributed by atoms with Gasteiger partial charge in [-0.05, 0) is 37.8 Å². The first-order valence-corrected chi connectivity index (χ1v) is 14.7. The van der Waals surface area contributed by atoms with E-state index in [2.05, 4.69) is 20.0 Å². The molecule has 1 saturated heterocycles. The first kappa shape index (κ1) is 28.5. The zero-order valence-electron chi connectivity index (χ0n) is 22.1. The fourth-order valence-corrected chi connectivity index (χ4v) is 7.43. The second kappa shape index (κ2) is 9.53. The lowest BCUT2D eigenvalue weighted by atomic mass is 9.97. The number of ether oxygens (including phenoxy) is 2. The van der Waals surface area contributed by atoms with Gasteiger partial charge in [0.25, 0.3) is 5.85 Å². The van der Waals surface area contributed by atoms with Crippen molar-refractivity contribution in [2.75, 3.05) is 31.8 Å². The van der Waals surface area contributed by atoms with Crippen LogP contribution in [0.15, 0.2) is 36.7 Å². The molecular formula is C23H28F2N7O6PS. The third-order valence-electron chi connectivity index (χ3n) is 6.86. The molecule has 3 aromatic rings. The molecule has 4 N–H and O–H groups in total. The third-order valence-corrected chi connectivity index (χ3v) is 9.30. The SMILES string of the molecule is COC(=O)[C@@H](C)NP(=S)(Oc1ccccc1)OC1[C@]2(O)[C@@](C)(F)[C@H](n3cnc4c(N(C)C)nc(N)nc43)O[C@]12F. The minimum atomic E-state index is -3.82. The number of nitrogen functional groups attached to an aromatic ring is 1. The van der Waals surface area contributed by atoms with Crippen LogP contribution in [0.1, 0.15) is 20.1 Å². The number of para-hydroxylation sites is 1. The van der Waals surface area contributed by atoms with Crippen molar-refractivity contribution in [3.63, 3.8) is 0 Å². The quantitative estimate of drug-likeness (QED) is 0.242. The van der Waals surface area contributed by atoms with Gasteiger partial charge in [-0.15, -0.1) is 0 Å². The number of aromatic nitrogens is 4. The van der Waals surface area contributed by atoms with Crippen LogP contribution in [-0.2, 0) is 30.6 Å². The smallest absolute Gasteiger partial charge is 0.323 e. The molecule has 2 fully saturated rings. The van der Waals surface area contributed by atoms with E-state index in [0.29, 0.717) is 5.82 Å². The number of esters is 1. The number of rotatable bonds is 9. The Hall–Kier alpha value is -3.01. The normalized spacial score (nSPS) is 31.3. The van der Waals surface area contributed by atoms with Crippen LogP contribution in [0.2, 0.25) is 0 Å². The topological polar surface area (TPSA) is 159 Å². The van der Waals surface area contributed by atoms with Crippen LogP contribution in [0.4, 0.5) is 20.5 Å². The van der Waals surface area contributed by atoms with Gasteiger partial charge in [0, 0.05) is 14.1 Å². The zero-order valence-corrected chi connectivity index (χ0v) is 23.8. The third kappa shape index (κ3) is 4.21. The number of nitrogens with zero attached hydrogens (tertiary/aromatic N) is 5. The number of methoxy groups -OCH3 is 1. The molecule has 1 aromatic carbocycles. The van der Waals surface area contributed by atoms with Crippen LogP contribution in [0.25, 0.3) is 11.2 Å². The number of imidazole rings is 1. The summed E-state index contributed by atoms with van der Waals surface area (Å²) in [5.41, 5.74) is 0.568. The molecule has 2 aromatic heterocycles. The highest BCUT2D eigenvalue weighted by molar-refractivity contribution is 8.09. The molecule has 0 radical (unpaired) electrons. The van der Waals surface area contributed by atoms with Crippen LogP contribution in [0, 0.1) is 0 Å². The average molecular weight is 600 g/mol. The molecule has 2 aliphatic rings. The predicted molar refractivity (Wildman–Crippen MR) is 143 cm³/mol. The molecule has 0 bridgehead atoms. The Morgan fingerprint density at radius 3 is 2.58 bits per heavy atom. The molecular weight excluding hydrogens is 571 g/mol. The highest BCUT2D eigenvalue weighted by Crippen LogP contribution is 2.73. The lowest BCUT2D eigenvalue weighted by Crippen LogP contribution is -2.45. The fraction of sp³-hybridized carbons (Fsp3) is 0.478. The lowest BCUT2D eigenvalue weighted by Gasteiger charge is -2.32. The lowest BCUT2D eigenvalue weighted by molar-refractivity contribution is -0.155. The van der Waals surface area contributed by atoms with E-state index in [-0.39, 0.29) is 22.9 Å². The Morgan fingerprint density at radius 2 is 2.00 bits per heavy atom. The summed E-state index contributed by atoms with van der Waals surface area (Å²) < 4.78 is 55.7. The molecule has 0 spiro atoms. The number of anilines is 2. The summed E-state index contributed by atoms with van der Waals surface area (Å²) in [4.78, 5) is 26.2. The van der Waals surface area contributed by atoms with E-state index in [1.54, 1.807) is 49.3 Å². The number of carbonyl (C=O) groups is 1. The number of nitrogens with one attached hydrogen (secondary N) is 1. The average Bonchev–Trinajstić information content (AvgIpc) is 3.13. The van der Waals surface area contributed by atoms with Gasteiger partial charge in [0.2, 0.25) is 5.95 Å². The first-order chi connectivity index (χ1) is 18.7. The van der Waals surface area contributed by atoms with Crippen molar-refractivity contribution in [3.8, 4) is 5.75 Å². The molecule has 1 aliphatic heterocycles. The Bertz CT molecular complexity index is 1510. The minimum Gasteiger partial charge on any atom is -0.468 e. The van der Waals surface area contributed by atoms with Gasteiger partial charge in [-0.1, -0.05) is 18.2 Å². The van der Waals surface area contributed by atoms with Gasteiger partial charge < -0.3 is 29.7 Å². The van der Waals surface area contributed by atoms with Gasteiger partial charge in [-0.25, -0.2) is 18.9 Å². The number of alkyl halides is 2. The maximum atomic E-state index is 16.5. The van der Waals surface area contributed by atoms with Crippen molar-refractivity contribution in [1.29, 1.82) is 0 Å². The second-order valence-electron chi connectivity index (χ2n) is 9.84. The number of hydrogen-bond donors (Lipinski definition) is 3. The fourth-order valence-electron chi connectivity index (χ4n) is 4.74. The summed E-state index contributed by atoms with van der Waals surface area (Å²) >= 11 is 5.56. The highest BCUT2D eigenvalue weighted by atomic mass is 32.5. The maximum Gasteiger partial charge on any atom is 0.323 e. The van der Waals surface area contributed by atoms with E-state index in [4.69, 9.17) is 36.1 Å². The summed E-state index contributed by atoms with van der Waals surface area (Å²) in [6.45, 7) is -1.42. The van der Waals surface area contributed by atoms with Crippen molar-refractivity contribution in [2.45, 2.75) is 49.3 Å². The Balaban J connectivity index is 1.47. The van der Waals surface area contributed by atoms with E-state index in [0.717, 1.165) is 11.5 Å². The standard InChI is InChI=1S/C23H28F2N7O6PS/c1-12(17(33)35-5)30-39(40,37-13-9-7-6-8-10-13)38-18-22(34)21(2,24)19(36-23(18,22)25)32-11-27-14-15(31(3)4)28-20(26)29-16(14)32/h6-12,18-19,34H,1-5H3,(H,30,40)(H2,26,28,29)/t12-,18?,19-,21+,22+,23-,39?/m1/s1. The summed E-state index contributed by atoms with van der Waals surface area (Å²) in [5, 5.41) is 14.1. The first-order valence-electron chi connectivity index (χ1n) is 12.0. The van der Waals surface area contributed by atoms with Crippen molar-refractivity contribution < 1.29 is 37.2 Å². The molecule has 1 saturated carbocycles. The molecule has 1 aliphatic carbocycles. The predicted octanol–water partition coefficient (Wildman–Crippen LogP) is 1.98. The minimum absolute atomic E-state index is 0.0714. The Kier molecular flexibility index (Phi) is 6.80. The summed E-state index contributed by atoms with van der Waals surface area (Å²) in [7, 11) is 4.59. The van der Waals surface area contributed by atoms with Crippen molar-refractivity contribution in [1.82, 2.24) is 24.6 Å². The second-order valence-corrected chi connectivity index (χ2v) is 12.9. The van der Waals surface area contributed by atoms with Crippen molar-refractivity contribution in [3.05, 3.63) is 36.7 Å². The van der Waals surface area contributed by atoms with Gasteiger partial charge in [0.05, 0.1) is 13.4 Å². The molecule has 3 heterocycles. The summed E-state index contributed by atoms with van der Waals surface area (Å²) in [6.07, 6.45) is -2.43. The van der Waals surface area contributed by atoms with E-state index in [1.807, 2.05) is 0 Å². The highest BCUT2D eigenvalue weighted by Gasteiger charge is 2.96. The molecule has 13 nitrogen and oxygen atoms in total. The molecule has 5 rings (SSSR count). The Morgan fingerprint density at radius 1 is 1.32 bits per heavy atom. The van der Waals surface area contributed by atoms with Gasteiger partial charge in [0.1, 0.15) is 11.8 Å². The van der Waals surface area contributed by atoms with Crippen molar-refractivity contribution >= 4 is 47.3 Å². The van der Waals surface area contributed by atoms with E-state index in [1.165, 1.54) is 20.4 Å². The van der Waals surface area contributed by atoms with Crippen LogP contribution in [0.3, 0.4) is 0 Å². The number of halogens is 2. The monoisotopic (exact) mass is 599 g/mol. The number of benzene rings is 1. The number of fused-ring (bicyclic) bond motifs is 2. The molecule has 17 heteroatoms. The summed E-state index contributed by atoms with van der Waals surface area (Å²) in [5.74, 6) is -3.27. The van der Waals surface area contributed by atoms with Gasteiger partial charge >= 0.3 is 12.6 Å². The molecule has 2 unspecified atom stereocenters. The van der Waals surface area contributed by atoms with E-state index >= 15 is 8.78 Å². The number of hydrogen-bond acceptors (Lipinski definition) is 12. The molecule has 216 valence electrons. The van der Waals surface area contributed by atoms with Crippen LogP contribution < -0.4 is 20.2 Å². The Labute approximate surface area is 232 Å².